The van der Waals surface area contributed by atoms with Gasteiger partial charge in [0.2, 0.25) is 0 Å². The first-order valence-electron chi connectivity index (χ1n) is 6.38. The minimum absolute atomic E-state index is 0.206. The van der Waals surface area contributed by atoms with Crippen molar-refractivity contribution in [3.8, 4) is 5.75 Å². The second-order valence-electron chi connectivity index (χ2n) is 4.14. The molecule has 1 aromatic carbocycles. The molecule has 0 atom stereocenters. The minimum atomic E-state index is -0.206. The molecule has 0 unspecified atom stereocenters. The van der Waals surface area contributed by atoms with Crippen LogP contribution in [0.25, 0.3) is 0 Å². The van der Waals surface area contributed by atoms with Crippen molar-refractivity contribution in [1.29, 1.82) is 0 Å². The smallest absolute Gasteiger partial charge is 0.259 e. The molecule has 0 bridgehead atoms. The maximum Gasteiger partial charge on any atom is 0.259 e. The average molecular weight is 271 g/mol. The van der Waals surface area contributed by atoms with Crippen molar-refractivity contribution >= 4 is 17.3 Å². The predicted molar refractivity (Wildman–Crippen MR) is 79.3 cm³/mol. The normalized spacial score (nSPS) is 9.90. The van der Waals surface area contributed by atoms with Gasteiger partial charge in [-0.15, -0.1) is 0 Å². The van der Waals surface area contributed by atoms with Crippen LogP contribution in [0.1, 0.15) is 17.3 Å². The standard InChI is InChI=1S/C15H17N3O2/c1-3-17-14-7-8-16-10-13(14)15(19)18-11-5-4-6-12(9-11)20-2/h4-10H,3H2,1-2H3,(H,16,17)(H,18,19). The first-order chi connectivity index (χ1) is 9.74. The summed E-state index contributed by atoms with van der Waals surface area (Å²) in [7, 11) is 1.59. The quantitative estimate of drug-likeness (QED) is 0.877. The van der Waals surface area contributed by atoms with Gasteiger partial charge in [0.25, 0.3) is 5.91 Å². The largest absolute Gasteiger partial charge is 0.497 e. The molecule has 0 spiro atoms. The maximum absolute atomic E-state index is 12.3. The third-order valence-electron chi connectivity index (χ3n) is 2.76. The van der Waals surface area contributed by atoms with Gasteiger partial charge in [0.15, 0.2) is 0 Å². The number of nitrogens with zero attached hydrogens (tertiary/aromatic N) is 1. The Morgan fingerprint density at radius 3 is 2.95 bits per heavy atom. The number of ether oxygens (including phenoxy) is 1. The highest BCUT2D eigenvalue weighted by Crippen LogP contribution is 2.19. The van der Waals surface area contributed by atoms with Gasteiger partial charge in [-0.05, 0) is 25.1 Å². The number of carbonyl (C=O) groups is 1. The lowest BCUT2D eigenvalue weighted by Gasteiger charge is -2.11. The number of hydrogen-bond acceptors (Lipinski definition) is 4. The first kappa shape index (κ1) is 13.9. The summed E-state index contributed by atoms with van der Waals surface area (Å²) < 4.78 is 5.13. The van der Waals surface area contributed by atoms with Gasteiger partial charge in [-0.25, -0.2) is 0 Å². The summed E-state index contributed by atoms with van der Waals surface area (Å²) in [4.78, 5) is 16.3. The van der Waals surface area contributed by atoms with Crippen LogP contribution >= 0.6 is 0 Å². The number of benzene rings is 1. The van der Waals surface area contributed by atoms with E-state index in [2.05, 4.69) is 15.6 Å². The minimum Gasteiger partial charge on any atom is -0.497 e. The number of carbonyl (C=O) groups excluding carboxylic acids is 1. The molecule has 0 fully saturated rings. The highest BCUT2D eigenvalue weighted by molar-refractivity contribution is 6.07. The Balaban J connectivity index is 2.19. The first-order valence-corrected chi connectivity index (χ1v) is 6.38. The zero-order valence-electron chi connectivity index (χ0n) is 11.5. The van der Waals surface area contributed by atoms with E-state index in [1.165, 1.54) is 0 Å². The van der Waals surface area contributed by atoms with Gasteiger partial charge in [0.1, 0.15) is 5.75 Å². The zero-order chi connectivity index (χ0) is 14.4. The van der Waals surface area contributed by atoms with Crippen LogP contribution in [-0.4, -0.2) is 24.5 Å². The Hall–Kier alpha value is -2.56. The molecule has 2 N–H and O–H groups in total. The fourth-order valence-corrected chi connectivity index (χ4v) is 1.82. The monoisotopic (exact) mass is 271 g/mol. The van der Waals surface area contributed by atoms with Crippen LogP contribution in [0.15, 0.2) is 42.7 Å². The second kappa shape index (κ2) is 6.56. The molecule has 0 aliphatic heterocycles. The summed E-state index contributed by atoms with van der Waals surface area (Å²) in [6.07, 6.45) is 3.20. The fourth-order valence-electron chi connectivity index (χ4n) is 1.82. The van der Waals surface area contributed by atoms with Crippen LogP contribution in [0.5, 0.6) is 5.75 Å². The fraction of sp³-hybridized carbons (Fsp3) is 0.200. The van der Waals surface area contributed by atoms with E-state index in [0.717, 1.165) is 12.2 Å². The summed E-state index contributed by atoms with van der Waals surface area (Å²) in [5.41, 5.74) is 1.96. The number of pyridine rings is 1. The third kappa shape index (κ3) is 3.26. The number of rotatable bonds is 5. The molecule has 1 heterocycles. The van der Waals surface area contributed by atoms with Crippen molar-refractivity contribution in [3.05, 3.63) is 48.3 Å². The number of amides is 1. The van der Waals surface area contributed by atoms with Crippen LogP contribution in [0, 0.1) is 0 Å². The Kier molecular flexibility index (Phi) is 4.55. The lowest BCUT2D eigenvalue weighted by atomic mass is 10.2. The van der Waals surface area contributed by atoms with Gasteiger partial charge >= 0.3 is 0 Å². The van der Waals surface area contributed by atoms with Gasteiger partial charge in [-0.1, -0.05) is 6.07 Å². The van der Waals surface area contributed by atoms with E-state index in [0.29, 0.717) is 17.0 Å². The molecule has 104 valence electrons. The van der Waals surface area contributed by atoms with E-state index in [4.69, 9.17) is 4.74 Å². The SMILES string of the molecule is CCNc1ccncc1C(=O)Nc1cccc(OC)c1. The van der Waals surface area contributed by atoms with E-state index >= 15 is 0 Å². The molecule has 0 aliphatic rings. The Morgan fingerprint density at radius 2 is 2.20 bits per heavy atom. The molecule has 2 aromatic rings. The molecular weight excluding hydrogens is 254 g/mol. The molecule has 5 nitrogen and oxygen atoms in total. The Labute approximate surface area is 118 Å². The maximum atomic E-state index is 12.3. The zero-order valence-corrected chi connectivity index (χ0v) is 11.5. The summed E-state index contributed by atoms with van der Waals surface area (Å²) in [5.74, 6) is 0.489. The molecule has 0 aliphatic carbocycles. The number of aromatic nitrogens is 1. The van der Waals surface area contributed by atoms with Crippen molar-refractivity contribution in [1.82, 2.24) is 4.98 Å². The third-order valence-corrected chi connectivity index (χ3v) is 2.76. The van der Waals surface area contributed by atoms with Crippen molar-refractivity contribution in [3.63, 3.8) is 0 Å². The van der Waals surface area contributed by atoms with Gasteiger partial charge in [0.05, 0.1) is 18.4 Å². The molecule has 1 amide bonds. The molecule has 20 heavy (non-hydrogen) atoms. The lowest BCUT2D eigenvalue weighted by Crippen LogP contribution is -2.15. The number of anilines is 2. The summed E-state index contributed by atoms with van der Waals surface area (Å²) in [6.45, 7) is 2.72. The topological polar surface area (TPSA) is 63.2 Å². The molecule has 1 aromatic heterocycles. The molecule has 0 saturated heterocycles. The molecule has 5 heteroatoms. The Morgan fingerprint density at radius 1 is 1.35 bits per heavy atom. The van der Waals surface area contributed by atoms with E-state index in [-0.39, 0.29) is 5.91 Å². The van der Waals surface area contributed by atoms with Crippen molar-refractivity contribution < 1.29 is 9.53 Å². The van der Waals surface area contributed by atoms with Crippen molar-refractivity contribution in [2.24, 2.45) is 0 Å². The van der Waals surface area contributed by atoms with Crippen LogP contribution in [0.2, 0.25) is 0 Å². The Bertz CT molecular complexity index is 599. The second-order valence-corrected chi connectivity index (χ2v) is 4.14. The summed E-state index contributed by atoms with van der Waals surface area (Å²) >= 11 is 0. The van der Waals surface area contributed by atoms with Crippen LogP contribution < -0.4 is 15.4 Å². The highest BCUT2D eigenvalue weighted by Gasteiger charge is 2.11. The lowest BCUT2D eigenvalue weighted by molar-refractivity contribution is 0.102. The summed E-state index contributed by atoms with van der Waals surface area (Å²) in [5, 5.41) is 5.97. The van der Waals surface area contributed by atoms with E-state index in [1.54, 1.807) is 31.6 Å². The molecule has 0 radical (unpaired) electrons. The van der Waals surface area contributed by atoms with Gasteiger partial charge < -0.3 is 15.4 Å². The number of hydrogen-bond donors (Lipinski definition) is 2. The van der Waals surface area contributed by atoms with Crippen LogP contribution in [-0.2, 0) is 0 Å². The number of nitrogens with one attached hydrogen (secondary N) is 2. The van der Waals surface area contributed by atoms with Crippen molar-refractivity contribution in [2.45, 2.75) is 6.92 Å². The van der Waals surface area contributed by atoms with Gasteiger partial charge in [0, 0.05) is 30.7 Å². The van der Waals surface area contributed by atoms with Crippen LogP contribution in [0.3, 0.4) is 0 Å². The van der Waals surface area contributed by atoms with E-state index < -0.39 is 0 Å². The molecule has 0 saturated carbocycles. The molecule has 2 rings (SSSR count). The van der Waals surface area contributed by atoms with Gasteiger partial charge in [-0.2, -0.15) is 0 Å². The highest BCUT2D eigenvalue weighted by atomic mass is 16.5. The van der Waals surface area contributed by atoms with Crippen molar-refractivity contribution in [2.75, 3.05) is 24.3 Å². The van der Waals surface area contributed by atoms with E-state index in [9.17, 15) is 4.79 Å². The molecular formula is C15H17N3O2. The summed E-state index contributed by atoms with van der Waals surface area (Å²) in [6, 6.07) is 9.00. The van der Waals surface area contributed by atoms with Gasteiger partial charge in [-0.3, -0.25) is 9.78 Å². The van der Waals surface area contributed by atoms with E-state index in [1.807, 2.05) is 25.1 Å². The van der Waals surface area contributed by atoms with Crippen LogP contribution in [0.4, 0.5) is 11.4 Å². The predicted octanol–water partition coefficient (Wildman–Crippen LogP) is 2.77. The number of methoxy groups -OCH3 is 1. The average Bonchev–Trinajstić information content (AvgIpc) is 2.48.